The average molecular weight is 167 g/mol. The molecule has 12 heavy (non-hydrogen) atoms. The lowest BCUT2D eigenvalue weighted by molar-refractivity contribution is -0.121. The predicted octanol–water partition coefficient (Wildman–Crippen LogP) is 1.50. The van der Waals surface area contributed by atoms with E-state index in [-0.39, 0.29) is 0 Å². The van der Waals surface area contributed by atoms with E-state index in [0.29, 0.717) is 17.7 Å². The number of Topliss-reactive ketones (excluding diaryl/α,β-unsaturated/α-hetero) is 1. The summed E-state index contributed by atoms with van der Waals surface area (Å²) in [6.45, 7) is 1.74. The Balaban J connectivity index is 2.08. The van der Waals surface area contributed by atoms with Gasteiger partial charge in [0.15, 0.2) is 0 Å². The molecule has 0 radical (unpaired) electrons. The van der Waals surface area contributed by atoms with Crippen LogP contribution in [0.1, 0.15) is 39.0 Å². The maximum Gasteiger partial charge on any atom is 0.134 e. The van der Waals surface area contributed by atoms with E-state index in [4.69, 9.17) is 0 Å². The zero-order chi connectivity index (χ0) is 8.55. The van der Waals surface area contributed by atoms with Crippen LogP contribution in [0.2, 0.25) is 0 Å². The predicted molar refractivity (Wildman–Crippen MR) is 48.0 cm³/mol. The van der Waals surface area contributed by atoms with Gasteiger partial charge in [0.05, 0.1) is 0 Å². The molecule has 0 aromatic heterocycles. The van der Waals surface area contributed by atoms with Gasteiger partial charge < -0.3 is 5.32 Å². The number of carbonyl (C=O) groups is 1. The Hall–Kier alpha value is -0.370. The smallest absolute Gasteiger partial charge is 0.134 e. The Morgan fingerprint density at radius 1 is 1.25 bits per heavy atom. The minimum Gasteiger partial charge on any atom is -0.311 e. The third-order valence-electron chi connectivity index (χ3n) is 3.35. The summed E-state index contributed by atoms with van der Waals surface area (Å²) in [5, 5.41) is 3.56. The Morgan fingerprint density at radius 3 is 2.83 bits per heavy atom. The van der Waals surface area contributed by atoms with E-state index in [9.17, 15) is 4.79 Å². The van der Waals surface area contributed by atoms with Crippen molar-refractivity contribution in [3.8, 4) is 0 Å². The molecule has 68 valence electrons. The number of hydrogen-bond donors (Lipinski definition) is 1. The largest absolute Gasteiger partial charge is 0.311 e. The van der Waals surface area contributed by atoms with Crippen LogP contribution in [0.4, 0.5) is 0 Å². The normalized spacial score (nSPS) is 40.9. The molecular formula is C10H17NO. The van der Waals surface area contributed by atoms with Gasteiger partial charge in [0.1, 0.15) is 5.78 Å². The minimum atomic E-state index is 0.317. The maximum absolute atomic E-state index is 11.3. The van der Waals surface area contributed by atoms with Crippen molar-refractivity contribution in [3.63, 3.8) is 0 Å². The molecule has 1 N–H and O–H groups in total. The number of fused-ring (bicyclic) bond motifs is 2. The third-order valence-corrected chi connectivity index (χ3v) is 3.35. The molecule has 2 fully saturated rings. The van der Waals surface area contributed by atoms with Crippen LogP contribution in [-0.2, 0) is 4.79 Å². The third kappa shape index (κ3) is 1.40. The molecule has 2 heterocycles. The summed E-state index contributed by atoms with van der Waals surface area (Å²) >= 11 is 0. The van der Waals surface area contributed by atoms with Crippen LogP contribution in [0.3, 0.4) is 0 Å². The Kier molecular flexibility index (Phi) is 2.18. The molecule has 2 aliphatic heterocycles. The van der Waals surface area contributed by atoms with Gasteiger partial charge in [-0.1, -0.05) is 6.42 Å². The molecule has 2 nitrogen and oxygen atoms in total. The fourth-order valence-corrected chi connectivity index (χ4v) is 2.67. The van der Waals surface area contributed by atoms with Gasteiger partial charge in [-0.25, -0.2) is 0 Å². The van der Waals surface area contributed by atoms with Gasteiger partial charge in [0.25, 0.3) is 0 Å². The van der Waals surface area contributed by atoms with Crippen molar-refractivity contribution in [2.75, 3.05) is 0 Å². The summed E-state index contributed by atoms with van der Waals surface area (Å²) in [4.78, 5) is 11.3. The van der Waals surface area contributed by atoms with Crippen LogP contribution in [-0.4, -0.2) is 17.9 Å². The zero-order valence-corrected chi connectivity index (χ0v) is 7.68. The summed E-state index contributed by atoms with van der Waals surface area (Å²) in [5.74, 6) is 0.701. The molecule has 0 saturated carbocycles. The van der Waals surface area contributed by atoms with Gasteiger partial charge in [-0.3, -0.25) is 4.79 Å². The highest BCUT2D eigenvalue weighted by Gasteiger charge is 2.34. The molecule has 0 aromatic rings. The summed E-state index contributed by atoms with van der Waals surface area (Å²) in [6.07, 6.45) is 6.13. The fraction of sp³-hybridized carbons (Fsp3) is 0.900. The van der Waals surface area contributed by atoms with Crippen LogP contribution < -0.4 is 5.32 Å². The van der Waals surface area contributed by atoms with Crippen LogP contribution in [0.5, 0.6) is 0 Å². The van der Waals surface area contributed by atoms with Gasteiger partial charge >= 0.3 is 0 Å². The molecule has 0 aromatic carbocycles. The second kappa shape index (κ2) is 3.17. The highest BCUT2D eigenvalue weighted by atomic mass is 16.1. The quantitative estimate of drug-likeness (QED) is 0.641. The second-order valence-corrected chi connectivity index (χ2v) is 4.20. The minimum absolute atomic E-state index is 0.317. The highest BCUT2D eigenvalue weighted by molar-refractivity contribution is 5.79. The summed E-state index contributed by atoms with van der Waals surface area (Å²) < 4.78 is 0. The molecule has 0 spiro atoms. The molecule has 0 aliphatic carbocycles. The van der Waals surface area contributed by atoms with Gasteiger partial charge in [0, 0.05) is 18.0 Å². The van der Waals surface area contributed by atoms with Crippen molar-refractivity contribution in [2.24, 2.45) is 5.92 Å². The standard InChI is InChI=1S/C10H17NO/c1-7(12)9-4-2-3-8-5-6-10(9)11-8/h8-11H,2-6H2,1H3/t8-,9+,10-/m0/s1. The summed E-state index contributed by atoms with van der Waals surface area (Å²) in [6, 6.07) is 1.23. The molecule has 2 saturated heterocycles. The first-order valence-corrected chi connectivity index (χ1v) is 5.04. The number of hydrogen-bond acceptors (Lipinski definition) is 2. The van der Waals surface area contributed by atoms with E-state index in [1.807, 2.05) is 0 Å². The number of ketones is 1. The zero-order valence-electron chi connectivity index (χ0n) is 7.68. The topological polar surface area (TPSA) is 29.1 Å². The molecule has 2 rings (SSSR count). The first-order chi connectivity index (χ1) is 5.77. The van der Waals surface area contributed by atoms with Gasteiger partial charge in [-0.2, -0.15) is 0 Å². The Labute approximate surface area is 73.7 Å². The van der Waals surface area contributed by atoms with Crippen LogP contribution in [0.15, 0.2) is 0 Å². The van der Waals surface area contributed by atoms with Crippen LogP contribution in [0.25, 0.3) is 0 Å². The SMILES string of the molecule is CC(=O)[C@H]1CCC[C@H]2CC[C@@H]1N2. The monoisotopic (exact) mass is 167 g/mol. The van der Waals surface area contributed by atoms with E-state index < -0.39 is 0 Å². The van der Waals surface area contributed by atoms with Crippen LogP contribution in [0, 0.1) is 5.92 Å². The van der Waals surface area contributed by atoms with Gasteiger partial charge in [0.2, 0.25) is 0 Å². The van der Waals surface area contributed by atoms with Crippen molar-refractivity contribution in [2.45, 2.75) is 51.1 Å². The van der Waals surface area contributed by atoms with Gasteiger partial charge in [-0.05, 0) is 32.6 Å². The molecule has 0 amide bonds. The lowest BCUT2D eigenvalue weighted by Gasteiger charge is -2.18. The molecule has 2 heteroatoms. The molecule has 2 bridgehead atoms. The van der Waals surface area contributed by atoms with Gasteiger partial charge in [-0.15, -0.1) is 0 Å². The molecule has 3 atom stereocenters. The van der Waals surface area contributed by atoms with Crippen molar-refractivity contribution < 1.29 is 4.79 Å². The summed E-state index contributed by atoms with van der Waals surface area (Å²) in [7, 11) is 0. The van der Waals surface area contributed by atoms with E-state index in [0.717, 1.165) is 12.5 Å². The first-order valence-electron chi connectivity index (χ1n) is 5.04. The highest BCUT2D eigenvalue weighted by Crippen LogP contribution is 2.30. The van der Waals surface area contributed by atoms with Crippen LogP contribution >= 0.6 is 0 Å². The average Bonchev–Trinajstić information content (AvgIpc) is 2.30. The molecule has 0 unspecified atom stereocenters. The van der Waals surface area contributed by atoms with Crippen molar-refractivity contribution >= 4 is 5.78 Å². The number of carbonyl (C=O) groups excluding carboxylic acids is 1. The van der Waals surface area contributed by atoms with E-state index in [1.165, 1.54) is 25.7 Å². The van der Waals surface area contributed by atoms with Crippen molar-refractivity contribution in [3.05, 3.63) is 0 Å². The Morgan fingerprint density at radius 2 is 2.08 bits per heavy atom. The molecule has 2 aliphatic rings. The first kappa shape index (κ1) is 8.24. The van der Waals surface area contributed by atoms with Crippen molar-refractivity contribution in [1.82, 2.24) is 5.32 Å². The summed E-state index contributed by atoms with van der Waals surface area (Å²) in [5.41, 5.74) is 0. The second-order valence-electron chi connectivity index (χ2n) is 4.20. The fourth-order valence-electron chi connectivity index (χ4n) is 2.67. The van der Waals surface area contributed by atoms with E-state index in [2.05, 4.69) is 5.32 Å². The number of rotatable bonds is 1. The van der Waals surface area contributed by atoms with E-state index >= 15 is 0 Å². The lowest BCUT2D eigenvalue weighted by Crippen LogP contribution is -2.35. The Bertz CT molecular complexity index is 190. The number of nitrogens with one attached hydrogen (secondary N) is 1. The molecular weight excluding hydrogens is 150 g/mol. The van der Waals surface area contributed by atoms with Crippen molar-refractivity contribution in [1.29, 1.82) is 0 Å². The van der Waals surface area contributed by atoms with E-state index in [1.54, 1.807) is 6.92 Å². The lowest BCUT2D eigenvalue weighted by atomic mass is 9.88. The maximum atomic E-state index is 11.3.